The van der Waals surface area contributed by atoms with Crippen molar-refractivity contribution in [1.82, 2.24) is 25.6 Å². The van der Waals surface area contributed by atoms with Crippen molar-refractivity contribution >= 4 is 22.8 Å². The third-order valence-corrected chi connectivity index (χ3v) is 4.41. The smallest absolute Gasteiger partial charge is 0.270 e. The zero-order chi connectivity index (χ0) is 18.4. The summed E-state index contributed by atoms with van der Waals surface area (Å²) < 4.78 is 0. The van der Waals surface area contributed by atoms with Gasteiger partial charge in [0.05, 0.1) is 5.39 Å². The summed E-state index contributed by atoms with van der Waals surface area (Å²) in [6.45, 7) is 6.39. The molecule has 2 aromatic rings. The maximum Gasteiger partial charge on any atom is 0.270 e. The van der Waals surface area contributed by atoms with Crippen LogP contribution in [0.25, 0.3) is 11.0 Å². The Morgan fingerprint density at radius 2 is 2.00 bits per heavy atom. The largest absolute Gasteiger partial charge is 0.383 e. The molecule has 8 nitrogen and oxygen atoms in total. The molecule has 2 amide bonds. The van der Waals surface area contributed by atoms with Gasteiger partial charge in [-0.1, -0.05) is 20.8 Å². The van der Waals surface area contributed by atoms with Crippen LogP contribution in [-0.4, -0.2) is 51.1 Å². The minimum Gasteiger partial charge on any atom is -0.383 e. The molecular weight excluding hydrogens is 322 g/mol. The first-order valence-corrected chi connectivity index (χ1v) is 8.39. The lowest BCUT2D eigenvalue weighted by Gasteiger charge is -2.28. The van der Waals surface area contributed by atoms with Crippen LogP contribution in [0.4, 0.5) is 0 Å². The number of rotatable bonds is 8. The van der Waals surface area contributed by atoms with Gasteiger partial charge in [0.1, 0.15) is 23.8 Å². The van der Waals surface area contributed by atoms with E-state index < -0.39 is 11.5 Å². The molecule has 2 heterocycles. The Balaban J connectivity index is 1.75. The van der Waals surface area contributed by atoms with Crippen molar-refractivity contribution < 1.29 is 14.7 Å². The summed E-state index contributed by atoms with van der Waals surface area (Å²) in [5, 5.41) is 16.1. The number of aromatic amines is 1. The topological polar surface area (TPSA) is 120 Å². The second kappa shape index (κ2) is 8.06. The number of H-pyrrole nitrogens is 1. The number of nitrogens with zero attached hydrogens (tertiary/aromatic N) is 2. The van der Waals surface area contributed by atoms with E-state index in [-0.39, 0.29) is 11.8 Å². The van der Waals surface area contributed by atoms with Gasteiger partial charge in [0.15, 0.2) is 0 Å². The SMILES string of the molecule is CCC(C)(C)C(O)C(=O)NCCCNC(=O)c1ncnc2[nH]ccc12. The van der Waals surface area contributed by atoms with E-state index in [9.17, 15) is 14.7 Å². The molecule has 8 heteroatoms. The molecule has 0 aliphatic carbocycles. The third-order valence-electron chi connectivity index (χ3n) is 4.41. The van der Waals surface area contributed by atoms with Crippen molar-refractivity contribution in [3.05, 3.63) is 24.3 Å². The predicted octanol–water partition coefficient (Wildman–Crippen LogP) is 0.991. The fraction of sp³-hybridized carbons (Fsp3) is 0.529. The first-order valence-electron chi connectivity index (χ1n) is 8.39. The molecule has 2 aromatic heterocycles. The van der Waals surface area contributed by atoms with Crippen LogP contribution in [0.5, 0.6) is 0 Å². The number of carbonyl (C=O) groups is 2. The summed E-state index contributed by atoms with van der Waals surface area (Å²) in [7, 11) is 0. The second-order valence-electron chi connectivity index (χ2n) is 6.61. The highest BCUT2D eigenvalue weighted by molar-refractivity contribution is 6.03. The van der Waals surface area contributed by atoms with Gasteiger partial charge in [0.25, 0.3) is 5.91 Å². The second-order valence-corrected chi connectivity index (χ2v) is 6.61. The van der Waals surface area contributed by atoms with Gasteiger partial charge in [-0.05, 0) is 24.3 Å². The molecule has 136 valence electrons. The number of carbonyl (C=O) groups excluding carboxylic acids is 2. The summed E-state index contributed by atoms with van der Waals surface area (Å²) in [4.78, 5) is 35.1. The molecule has 0 aliphatic rings. The van der Waals surface area contributed by atoms with E-state index in [0.29, 0.717) is 42.7 Å². The Kier molecular flexibility index (Phi) is 6.08. The van der Waals surface area contributed by atoms with Crippen molar-refractivity contribution in [3.8, 4) is 0 Å². The normalized spacial score (nSPS) is 12.8. The number of hydrogen-bond donors (Lipinski definition) is 4. The fourth-order valence-corrected chi connectivity index (χ4v) is 2.28. The molecule has 4 N–H and O–H groups in total. The van der Waals surface area contributed by atoms with Crippen LogP contribution < -0.4 is 10.6 Å². The van der Waals surface area contributed by atoms with Gasteiger partial charge < -0.3 is 20.7 Å². The number of fused-ring (bicyclic) bond motifs is 1. The van der Waals surface area contributed by atoms with Crippen LogP contribution >= 0.6 is 0 Å². The number of aromatic nitrogens is 3. The van der Waals surface area contributed by atoms with Crippen molar-refractivity contribution in [2.24, 2.45) is 5.41 Å². The van der Waals surface area contributed by atoms with E-state index in [2.05, 4.69) is 25.6 Å². The molecular formula is C17H25N5O3. The van der Waals surface area contributed by atoms with Gasteiger partial charge in [-0.2, -0.15) is 0 Å². The average Bonchev–Trinajstić information content (AvgIpc) is 3.08. The summed E-state index contributed by atoms with van der Waals surface area (Å²) >= 11 is 0. The minimum atomic E-state index is -1.05. The first-order chi connectivity index (χ1) is 11.9. The molecule has 0 bridgehead atoms. The van der Waals surface area contributed by atoms with E-state index in [1.54, 1.807) is 12.3 Å². The first kappa shape index (κ1) is 18.9. The Hall–Kier alpha value is -2.48. The molecule has 0 aromatic carbocycles. The molecule has 0 aliphatic heterocycles. The van der Waals surface area contributed by atoms with Crippen LogP contribution in [0.1, 0.15) is 44.1 Å². The summed E-state index contributed by atoms with van der Waals surface area (Å²) in [5.74, 6) is -0.673. The number of amides is 2. The van der Waals surface area contributed by atoms with Gasteiger partial charge in [-0.25, -0.2) is 9.97 Å². The third kappa shape index (κ3) is 4.54. The highest BCUT2D eigenvalue weighted by Crippen LogP contribution is 2.24. The van der Waals surface area contributed by atoms with Crippen LogP contribution in [0.2, 0.25) is 0 Å². The summed E-state index contributed by atoms with van der Waals surface area (Å²) in [6.07, 6.45) is 3.25. The minimum absolute atomic E-state index is 0.287. The van der Waals surface area contributed by atoms with Gasteiger partial charge in [0, 0.05) is 19.3 Å². The van der Waals surface area contributed by atoms with Gasteiger partial charge in [-0.3, -0.25) is 9.59 Å². The maximum atomic E-state index is 12.2. The molecule has 1 atom stereocenters. The molecule has 0 saturated carbocycles. The van der Waals surface area contributed by atoms with Crippen LogP contribution in [0.3, 0.4) is 0 Å². The zero-order valence-electron chi connectivity index (χ0n) is 14.8. The predicted molar refractivity (Wildman–Crippen MR) is 93.9 cm³/mol. The number of aliphatic hydroxyl groups is 1. The van der Waals surface area contributed by atoms with Crippen molar-refractivity contribution in [3.63, 3.8) is 0 Å². The monoisotopic (exact) mass is 347 g/mol. The number of aliphatic hydroxyl groups excluding tert-OH is 1. The van der Waals surface area contributed by atoms with Gasteiger partial charge in [0.2, 0.25) is 5.91 Å². The number of nitrogens with one attached hydrogen (secondary N) is 3. The molecule has 0 spiro atoms. The lowest BCUT2D eigenvalue weighted by molar-refractivity contribution is -0.135. The molecule has 0 fully saturated rings. The van der Waals surface area contributed by atoms with E-state index in [0.717, 1.165) is 0 Å². The highest BCUT2D eigenvalue weighted by atomic mass is 16.3. The van der Waals surface area contributed by atoms with Gasteiger partial charge in [-0.15, -0.1) is 0 Å². The average molecular weight is 347 g/mol. The molecule has 1 unspecified atom stereocenters. The lowest BCUT2D eigenvalue weighted by atomic mass is 9.83. The van der Waals surface area contributed by atoms with E-state index in [1.165, 1.54) is 6.33 Å². The Morgan fingerprint density at radius 1 is 1.28 bits per heavy atom. The molecule has 0 radical (unpaired) electrons. The Bertz CT molecular complexity index is 741. The Morgan fingerprint density at radius 3 is 2.72 bits per heavy atom. The van der Waals surface area contributed by atoms with Crippen molar-refractivity contribution in [2.75, 3.05) is 13.1 Å². The molecule has 0 saturated heterocycles. The molecule has 25 heavy (non-hydrogen) atoms. The number of hydrogen-bond acceptors (Lipinski definition) is 5. The van der Waals surface area contributed by atoms with Crippen LogP contribution in [0.15, 0.2) is 18.6 Å². The van der Waals surface area contributed by atoms with Crippen molar-refractivity contribution in [2.45, 2.75) is 39.7 Å². The van der Waals surface area contributed by atoms with E-state index in [4.69, 9.17) is 0 Å². The van der Waals surface area contributed by atoms with Crippen LogP contribution in [0, 0.1) is 5.41 Å². The van der Waals surface area contributed by atoms with E-state index in [1.807, 2.05) is 20.8 Å². The lowest BCUT2D eigenvalue weighted by Crippen LogP contribution is -2.44. The zero-order valence-corrected chi connectivity index (χ0v) is 14.8. The standard InChI is InChI=1S/C17H25N5O3/c1-4-17(2,3)13(23)16(25)20-8-5-7-19-15(24)12-11-6-9-18-14(11)22-10-21-12/h6,9-10,13,23H,4-5,7-8H2,1-3H3,(H,19,24)(H,20,25)(H,18,21,22). The quantitative estimate of drug-likeness (QED) is 0.531. The Labute approximate surface area is 146 Å². The maximum absolute atomic E-state index is 12.2. The highest BCUT2D eigenvalue weighted by Gasteiger charge is 2.31. The van der Waals surface area contributed by atoms with Crippen LogP contribution in [-0.2, 0) is 4.79 Å². The summed E-state index contributed by atoms with van der Waals surface area (Å²) in [6, 6.07) is 1.75. The van der Waals surface area contributed by atoms with E-state index >= 15 is 0 Å². The fourth-order valence-electron chi connectivity index (χ4n) is 2.28. The van der Waals surface area contributed by atoms with Gasteiger partial charge >= 0.3 is 0 Å². The molecule has 2 rings (SSSR count). The summed E-state index contributed by atoms with van der Waals surface area (Å²) in [5.41, 5.74) is 0.461. The van der Waals surface area contributed by atoms with Crippen molar-refractivity contribution in [1.29, 1.82) is 0 Å².